The maximum absolute atomic E-state index is 13.8. The highest BCUT2D eigenvalue weighted by atomic mass is 16.2. The highest BCUT2D eigenvalue weighted by molar-refractivity contribution is 5.92. The topological polar surface area (TPSA) is 147 Å². The van der Waals surface area contributed by atoms with Gasteiger partial charge >= 0.3 is 0 Å². The average molecular weight is 471 g/mol. The number of carbonyl (C=O) groups is 2. The Kier molecular flexibility index (Phi) is 9.14. The maximum Gasteiger partial charge on any atom is 0.247 e. The largest absolute Gasteiger partial charge is 0.351 e. The quantitative estimate of drug-likeness (QED) is 0.219. The Morgan fingerprint density at radius 2 is 1.74 bits per heavy atom. The van der Waals surface area contributed by atoms with Crippen LogP contribution in [-0.2, 0) is 9.59 Å². The molecule has 0 spiro atoms. The van der Waals surface area contributed by atoms with Crippen molar-refractivity contribution < 1.29 is 9.59 Å². The lowest BCUT2D eigenvalue weighted by Gasteiger charge is -2.33. The fourth-order valence-corrected chi connectivity index (χ4v) is 4.34. The smallest absolute Gasteiger partial charge is 0.247 e. The molecule has 1 aliphatic carbocycles. The maximum atomic E-state index is 13.8. The molecule has 2 amide bonds. The highest BCUT2D eigenvalue weighted by Gasteiger charge is 2.36. The second kappa shape index (κ2) is 12.7. The van der Waals surface area contributed by atoms with E-state index in [1.807, 2.05) is 6.07 Å². The molecule has 1 N–H and O–H groups in total. The van der Waals surface area contributed by atoms with Crippen LogP contribution in [0.2, 0.25) is 0 Å². The van der Waals surface area contributed by atoms with Crippen molar-refractivity contribution >= 4 is 17.5 Å². The molecule has 2 atom stereocenters. The Balaban J connectivity index is 2.05. The summed E-state index contributed by atoms with van der Waals surface area (Å²) in [4.78, 5) is 34.3. The van der Waals surface area contributed by atoms with Crippen molar-refractivity contribution in [3.63, 3.8) is 0 Å². The lowest BCUT2D eigenvalue weighted by molar-refractivity contribution is -0.141. The van der Waals surface area contributed by atoms with Crippen LogP contribution in [0.4, 0.5) is 5.69 Å². The van der Waals surface area contributed by atoms with Crippen LogP contribution in [0.15, 0.2) is 64.8 Å². The van der Waals surface area contributed by atoms with Gasteiger partial charge in [0.2, 0.25) is 11.8 Å². The molecule has 35 heavy (non-hydrogen) atoms. The van der Waals surface area contributed by atoms with E-state index in [1.165, 1.54) is 17.0 Å². The first-order chi connectivity index (χ1) is 17.1. The number of rotatable bonds is 9. The van der Waals surface area contributed by atoms with Crippen molar-refractivity contribution in [2.75, 3.05) is 6.54 Å². The van der Waals surface area contributed by atoms with Crippen LogP contribution in [0.5, 0.6) is 0 Å². The molecule has 3 rings (SSSR count). The highest BCUT2D eigenvalue weighted by Crippen LogP contribution is 2.33. The van der Waals surface area contributed by atoms with Gasteiger partial charge in [-0.2, -0.15) is 0 Å². The third-order valence-electron chi connectivity index (χ3n) is 5.96. The van der Waals surface area contributed by atoms with Crippen LogP contribution in [0.25, 0.3) is 20.9 Å². The Hall–Kier alpha value is -4.44. The number of amides is 2. The molecule has 0 saturated heterocycles. The van der Waals surface area contributed by atoms with E-state index < -0.39 is 18.0 Å². The van der Waals surface area contributed by atoms with Gasteiger partial charge in [-0.05, 0) is 35.0 Å². The third-order valence-corrected chi connectivity index (χ3v) is 5.96. The predicted octanol–water partition coefficient (Wildman–Crippen LogP) is 5.63. The molecule has 1 fully saturated rings. The summed E-state index contributed by atoms with van der Waals surface area (Å²) >= 11 is 0. The minimum atomic E-state index is -1.39. The molecular formula is C25H26N8O2. The first kappa shape index (κ1) is 25.2. The van der Waals surface area contributed by atoms with Crippen LogP contribution < -0.4 is 5.32 Å². The molecule has 2 unspecified atom stereocenters. The van der Waals surface area contributed by atoms with Crippen LogP contribution in [0.1, 0.15) is 55.3 Å². The molecular weight excluding hydrogens is 444 g/mol. The molecule has 2 aromatic carbocycles. The van der Waals surface area contributed by atoms with Gasteiger partial charge in [0, 0.05) is 21.6 Å². The predicted molar refractivity (Wildman–Crippen MR) is 132 cm³/mol. The summed E-state index contributed by atoms with van der Waals surface area (Å²) in [6.07, 6.45) is 10.6. The fraction of sp³-hybridized carbons (Fsp3) is 0.360. The zero-order chi connectivity index (χ0) is 25.0. The molecule has 0 aliphatic heterocycles. The van der Waals surface area contributed by atoms with E-state index in [0.717, 1.165) is 32.1 Å². The lowest BCUT2D eigenvalue weighted by Crippen LogP contribution is -2.48. The van der Waals surface area contributed by atoms with E-state index in [4.69, 9.17) is 12.0 Å². The normalized spacial score (nSPS) is 14.8. The summed E-state index contributed by atoms with van der Waals surface area (Å²) in [5.41, 5.74) is 19.1. The minimum Gasteiger partial charge on any atom is -0.351 e. The van der Waals surface area contributed by atoms with Gasteiger partial charge in [-0.15, -0.1) is 6.42 Å². The average Bonchev–Trinajstić information content (AvgIpc) is 2.88. The van der Waals surface area contributed by atoms with Crippen LogP contribution >= 0.6 is 0 Å². The van der Waals surface area contributed by atoms with Crippen molar-refractivity contribution in [1.82, 2.24) is 10.2 Å². The molecule has 1 saturated carbocycles. The van der Waals surface area contributed by atoms with Gasteiger partial charge in [-0.1, -0.05) is 90.0 Å². The van der Waals surface area contributed by atoms with E-state index in [0.29, 0.717) is 5.56 Å². The Labute approximate surface area is 203 Å². The number of azide groups is 2. The Morgan fingerprint density at radius 1 is 1.06 bits per heavy atom. The number of hydrogen-bond acceptors (Lipinski definition) is 4. The van der Waals surface area contributed by atoms with Gasteiger partial charge in [-0.3, -0.25) is 9.59 Å². The summed E-state index contributed by atoms with van der Waals surface area (Å²) in [5.74, 6) is 1.43. The van der Waals surface area contributed by atoms with Gasteiger partial charge in [0.1, 0.15) is 12.1 Å². The summed E-state index contributed by atoms with van der Waals surface area (Å²) in [7, 11) is 0. The number of benzene rings is 2. The van der Waals surface area contributed by atoms with Gasteiger partial charge in [0.05, 0.1) is 6.54 Å². The molecule has 0 bridgehead atoms. The Bertz CT molecular complexity index is 1170. The van der Waals surface area contributed by atoms with E-state index in [1.54, 1.807) is 36.4 Å². The number of nitrogens with one attached hydrogen (secondary N) is 1. The molecule has 1 aliphatic rings. The van der Waals surface area contributed by atoms with E-state index in [9.17, 15) is 15.1 Å². The standard InChI is InChI=1S/C25H26N8O2/c1-2-17-33(25(35)22(30-32-27)20-15-9-10-16-21(20)29-31-26)23(18-11-5-3-6-12-18)24(34)28-19-13-7-4-8-14-19/h1,3,5-6,9-12,15-16,19,22-23H,4,7-8,13-14,17H2,(H,28,34). The SMILES string of the molecule is C#CCN(C(=O)C(N=[N+]=[N-])c1ccccc1N=[N+]=[N-])C(C(=O)NC1CCCCC1)c1ccccc1. The van der Waals surface area contributed by atoms with Crippen molar-refractivity contribution in [2.45, 2.75) is 50.2 Å². The molecule has 2 aromatic rings. The van der Waals surface area contributed by atoms with Crippen molar-refractivity contribution in [3.8, 4) is 12.3 Å². The molecule has 0 aromatic heterocycles. The summed E-state index contributed by atoms with van der Waals surface area (Å²) in [6, 6.07) is 12.8. The molecule has 10 heteroatoms. The van der Waals surface area contributed by atoms with Crippen molar-refractivity contribution in [3.05, 3.63) is 86.6 Å². The summed E-state index contributed by atoms with van der Waals surface area (Å²) in [5, 5.41) is 10.4. The van der Waals surface area contributed by atoms with Gasteiger partial charge in [0.25, 0.3) is 0 Å². The van der Waals surface area contributed by atoms with Gasteiger partial charge < -0.3 is 10.2 Å². The zero-order valence-electron chi connectivity index (χ0n) is 19.2. The monoisotopic (exact) mass is 470 g/mol. The second-order valence-electron chi connectivity index (χ2n) is 8.18. The summed E-state index contributed by atoms with van der Waals surface area (Å²) < 4.78 is 0. The fourth-order valence-electron chi connectivity index (χ4n) is 4.34. The van der Waals surface area contributed by atoms with Gasteiger partial charge in [-0.25, -0.2) is 0 Å². The van der Waals surface area contributed by atoms with E-state index in [-0.39, 0.29) is 29.7 Å². The molecule has 0 radical (unpaired) electrons. The number of terminal acetylenes is 1. The van der Waals surface area contributed by atoms with E-state index >= 15 is 0 Å². The third kappa shape index (κ3) is 6.33. The molecule has 10 nitrogen and oxygen atoms in total. The zero-order valence-corrected chi connectivity index (χ0v) is 19.2. The second-order valence-corrected chi connectivity index (χ2v) is 8.18. The van der Waals surface area contributed by atoms with Crippen LogP contribution in [-0.4, -0.2) is 29.3 Å². The number of hydrogen-bond donors (Lipinski definition) is 1. The van der Waals surface area contributed by atoms with E-state index in [2.05, 4.69) is 31.3 Å². The number of carbonyl (C=O) groups excluding carboxylic acids is 2. The van der Waals surface area contributed by atoms with Crippen molar-refractivity contribution in [2.24, 2.45) is 10.2 Å². The number of nitrogens with zero attached hydrogens (tertiary/aromatic N) is 7. The lowest BCUT2D eigenvalue weighted by atomic mass is 9.94. The first-order valence-electron chi connectivity index (χ1n) is 11.4. The van der Waals surface area contributed by atoms with Crippen molar-refractivity contribution in [1.29, 1.82) is 0 Å². The molecule has 178 valence electrons. The Morgan fingerprint density at radius 3 is 2.40 bits per heavy atom. The van der Waals surface area contributed by atoms with Crippen LogP contribution in [0.3, 0.4) is 0 Å². The van der Waals surface area contributed by atoms with Crippen LogP contribution in [0, 0.1) is 12.3 Å². The first-order valence-corrected chi connectivity index (χ1v) is 11.4. The molecule has 0 heterocycles. The van der Waals surface area contributed by atoms with Gasteiger partial charge in [0.15, 0.2) is 0 Å². The summed E-state index contributed by atoms with van der Waals surface area (Å²) in [6.45, 7) is -0.197. The minimum absolute atomic E-state index is 0.0175.